The summed E-state index contributed by atoms with van der Waals surface area (Å²) in [4.78, 5) is 22.3. The Kier molecular flexibility index (Phi) is 8.07. The zero-order valence-corrected chi connectivity index (χ0v) is 22.0. The summed E-state index contributed by atoms with van der Waals surface area (Å²) in [7, 11) is -3.97. The first-order valence-corrected chi connectivity index (χ1v) is 14.3. The molecule has 0 spiro atoms. The maximum atomic E-state index is 13.9. The van der Waals surface area contributed by atoms with Gasteiger partial charge in [-0.25, -0.2) is 17.8 Å². The lowest BCUT2D eigenvalue weighted by Gasteiger charge is -2.30. The van der Waals surface area contributed by atoms with Crippen LogP contribution in [0.15, 0.2) is 47.4 Å². The van der Waals surface area contributed by atoms with Crippen LogP contribution in [0.1, 0.15) is 26.7 Å². The highest BCUT2D eigenvalue weighted by Crippen LogP contribution is 2.35. The van der Waals surface area contributed by atoms with E-state index < -0.39 is 21.9 Å². The molecule has 0 radical (unpaired) electrons. The van der Waals surface area contributed by atoms with Crippen molar-refractivity contribution in [3.63, 3.8) is 0 Å². The Morgan fingerprint density at radius 3 is 2.54 bits per heavy atom. The highest BCUT2D eigenvalue weighted by atomic mass is 35.5. The summed E-state index contributed by atoms with van der Waals surface area (Å²) in [5, 5.41) is 0.999. The van der Waals surface area contributed by atoms with Crippen molar-refractivity contribution in [1.29, 1.82) is 0 Å². The minimum atomic E-state index is -3.97. The molecular weight excluding hydrogens is 511 g/mol. The molecule has 0 saturated carbocycles. The first-order chi connectivity index (χ1) is 16.8. The SMILES string of the molecule is CCN(CC)CCN(C(=O)C1CCCN1S(=O)(=O)c1ccc(F)cc1)c1nc2c(Cl)cccc2s1. The fourth-order valence-electron chi connectivity index (χ4n) is 4.30. The molecule has 1 saturated heterocycles. The molecule has 0 aliphatic carbocycles. The molecule has 1 aliphatic rings. The Hall–Kier alpha value is -2.11. The lowest BCUT2D eigenvalue weighted by molar-refractivity contribution is -0.121. The van der Waals surface area contributed by atoms with Gasteiger partial charge in [0.25, 0.3) is 0 Å². The molecule has 4 rings (SSSR count). The number of carbonyl (C=O) groups excluding carboxylic acids is 1. The van der Waals surface area contributed by atoms with E-state index >= 15 is 0 Å². The van der Waals surface area contributed by atoms with E-state index in [1.807, 2.05) is 12.1 Å². The Morgan fingerprint density at radius 1 is 1.17 bits per heavy atom. The lowest BCUT2D eigenvalue weighted by atomic mass is 10.2. The molecule has 1 aromatic heterocycles. The fraction of sp³-hybridized carbons (Fsp3) is 0.417. The van der Waals surface area contributed by atoms with E-state index in [4.69, 9.17) is 11.6 Å². The van der Waals surface area contributed by atoms with Gasteiger partial charge in [-0.15, -0.1) is 0 Å². The fourth-order valence-corrected chi connectivity index (χ4v) is 7.24. The third-order valence-electron chi connectivity index (χ3n) is 6.30. The Balaban J connectivity index is 1.68. The largest absolute Gasteiger partial charge is 0.302 e. The molecule has 7 nitrogen and oxygen atoms in total. The highest BCUT2D eigenvalue weighted by Gasteiger charge is 2.42. The van der Waals surface area contributed by atoms with Gasteiger partial charge in [0.05, 0.1) is 14.6 Å². The first kappa shape index (κ1) is 26.0. The number of hydrogen-bond donors (Lipinski definition) is 0. The number of aromatic nitrogens is 1. The van der Waals surface area contributed by atoms with Gasteiger partial charge >= 0.3 is 0 Å². The van der Waals surface area contributed by atoms with Gasteiger partial charge in [-0.3, -0.25) is 9.69 Å². The van der Waals surface area contributed by atoms with Crippen molar-refractivity contribution in [2.45, 2.75) is 37.6 Å². The second-order valence-electron chi connectivity index (χ2n) is 8.33. The van der Waals surface area contributed by atoms with Crippen molar-refractivity contribution in [2.24, 2.45) is 0 Å². The third-order valence-corrected chi connectivity index (χ3v) is 9.57. The van der Waals surface area contributed by atoms with Crippen LogP contribution in [0.4, 0.5) is 9.52 Å². The van der Waals surface area contributed by atoms with Gasteiger partial charge in [0, 0.05) is 19.6 Å². The molecule has 3 aromatic rings. The molecule has 35 heavy (non-hydrogen) atoms. The minimum absolute atomic E-state index is 0.0277. The quantitative estimate of drug-likeness (QED) is 0.397. The van der Waals surface area contributed by atoms with Crippen molar-refractivity contribution >= 4 is 54.2 Å². The summed E-state index contributed by atoms with van der Waals surface area (Å²) in [6.07, 6.45) is 0.971. The summed E-state index contributed by atoms with van der Waals surface area (Å²) < 4.78 is 42.2. The standard InChI is InChI=1S/C24H28ClFN4O3S2/c1-3-28(4-2)15-16-29(24-27-22-19(25)7-5-9-21(22)34-24)23(31)20-8-6-14-30(20)35(32,33)18-12-10-17(26)11-13-18/h5,7,9-13,20H,3-4,6,8,14-16H2,1-2H3. The van der Waals surface area contributed by atoms with E-state index in [9.17, 15) is 17.6 Å². The minimum Gasteiger partial charge on any atom is -0.302 e. The smallest absolute Gasteiger partial charge is 0.247 e. The van der Waals surface area contributed by atoms with Crippen LogP contribution >= 0.6 is 22.9 Å². The van der Waals surface area contributed by atoms with Crippen LogP contribution < -0.4 is 4.90 Å². The van der Waals surface area contributed by atoms with Crippen LogP contribution in [0.2, 0.25) is 5.02 Å². The number of benzene rings is 2. The zero-order chi connectivity index (χ0) is 25.2. The molecule has 1 unspecified atom stereocenters. The molecule has 0 bridgehead atoms. The number of likely N-dealkylation sites (N-methyl/N-ethyl adjacent to an activating group) is 1. The lowest BCUT2D eigenvalue weighted by Crippen LogP contribution is -2.49. The number of halogens is 2. The monoisotopic (exact) mass is 538 g/mol. The number of anilines is 1. The summed E-state index contributed by atoms with van der Waals surface area (Å²) in [6.45, 7) is 7.00. The van der Waals surface area contributed by atoms with E-state index in [1.165, 1.54) is 27.8 Å². The van der Waals surface area contributed by atoms with Crippen LogP contribution in [0.5, 0.6) is 0 Å². The van der Waals surface area contributed by atoms with Gasteiger partial charge < -0.3 is 4.90 Å². The average Bonchev–Trinajstić information content (AvgIpc) is 3.51. The number of nitrogens with zero attached hydrogens (tertiary/aromatic N) is 4. The molecule has 2 aromatic carbocycles. The highest BCUT2D eigenvalue weighted by molar-refractivity contribution is 7.89. The van der Waals surface area contributed by atoms with Gasteiger partial charge in [0.2, 0.25) is 15.9 Å². The Morgan fingerprint density at radius 2 is 1.89 bits per heavy atom. The van der Waals surface area contributed by atoms with E-state index in [0.717, 1.165) is 29.9 Å². The van der Waals surface area contributed by atoms with E-state index in [2.05, 4.69) is 23.7 Å². The Labute approximate surface area is 214 Å². The van der Waals surface area contributed by atoms with Crippen LogP contribution in [0.3, 0.4) is 0 Å². The normalized spacial score (nSPS) is 16.9. The molecule has 0 N–H and O–H groups in total. The number of sulfonamides is 1. The van der Waals surface area contributed by atoms with Gasteiger partial charge in [-0.2, -0.15) is 4.31 Å². The van der Waals surface area contributed by atoms with Gasteiger partial charge in [-0.05, 0) is 62.3 Å². The molecule has 188 valence electrons. The average molecular weight is 539 g/mol. The van der Waals surface area contributed by atoms with Crippen molar-refractivity contribution in [3.8, 4) is 0 Å². The van der Waals surface area contributed by atoms with Gasteiger partial charge in [0.1, 0.15) is 17.4 Å². The number of carbonyl (C=O) groups is 1. The van der Waals surface area contributed by atoms with E-state index in [-0.39, 0.29) is 17.3 Å². The molecular formula is C24H28ClFN4O3S2. The molecule has 1 fully saturated rings. The number of thiazole rings is 1. The third kappa shape index (κ3) is 5.36. The summed E-state index contributed by atoms with van der Waals surface area (Å²) in [5.41, 5.74) is 0.622. The molecule has 1 amide bonds. The maximum Gasteiger partial charge on any atom is 0.247 e. The van der Waals surface area contributed by atoms with Crippen molar-refractivity contribution in [1.82, 2.24) is 14.2 Å². The van der Waals surface area contributed by atoms with Gasteiger partial charge in [0.15, 0.2) is 5.13 Å². The second-order valence-corrected chi connectivity index (χ2v) is 11.6. The second kappa shape index (κ2) is 10.9. The number of amides is 1. The summed E-state index contributed by atoms with van der Waals surface area (Å²) >= 11 is 7.70. The number of rotatable bonds is 9. The van der Waals surface area contributed by atoms with E-state index in [1.54, 1.807) is 11.0 Å². The maximum absolute atomic E-state index is 13.9. The Bertz CT molecular complexity index is 1300. The number of para-hydroxylation sites is 1. The molecule has 1 aliphatic heterocycles. The molecule has 2 heterocycles. The van der Waals surface area contributed by atoms with Crippen LogP contribution in [-0.2, 0) is 14.8 Å². The van der Waals surface area contributed by atoms with Crippen molar-refractivity contribution < 1.29 is 17.6 Å². The topological polar surface area (TPSA) is 73.8 Å². The summed E-state index contributed by atoms with van der Waals surface area (Å²) in [6, 6.07) is 9.32. The summed E-state index contributed by atoms with van der Waals surface area (Å²) in [5.74, 6) is -0.828. The van der Waals surface area contributed by atoms with Gasteiger partial charge in [-0.1, -0.05) is 42.9 Å². The zero-order valence-electron chi connectivity index (χ0n) is 19.7. The molecule has 1 atom stereocenters. The van der Waals surface area contributed by atoms with Crippen molar-refractivity contribution in [2.75, 3.05) is 37.6 Å². The van der Waals surface area contributed by atoms with Crippen LogP contribution in [0, 0.1) is 5.82 Å². The number of hydrogen-bond acceptors (Lipinski definition) is 6. The molecule has 11 heteroatoms. The number of fused-ring (bicyclic) bond motifs is 1. The first-order valence-electron chi connectivity index (χ1n) is 11.6. The van der Waals surface area contributed by atoms with Crippen molar-refractivity contribution in [3.05, 3.63) is 53.3 Å². The van der Waals surface area contributed by atoms with Crippen LogP contribution in [0.25, 0.3) is 10.2 Å². The van der Waals surface area contributed by atoms with E-state index in [0.29, 0.717) is 41.6 Å². The predicted molar refractivity (Wildman–Crippen MR) is 138 cm³/mol. The predicted octanol–water partition coefficient (Wildman–Crippen LogP) is 4.62. The van der Waals surface area contributed by atoms with Crippen LogP contribution in [-0.4, -0.2) is 67.3 Å².